The average Bonchev–Trinajstić information content (AvgIpc) is 2.81. The molecule has 2 heterocycles. The highest BCUT2D eigenvalue weighted by atomic mass is 14.7. The Hall–Kier alpha value is -2.86. The van der Waals surface area contributed by atoms with E-state index in [1.165, 1.54) is 0 Å². The van der Waals surface area contributed by atoms with Crippen molar-refractivity contribution in [2.75, 3.05) is 0 Å². The number of nitrogens with zero attached hydrogens (tertiary/aromatic N) is 2. The van der Waals surface area contributed by atoms with Crippen molar-refractivity contribution >= 4 is 22.6 Å². The van der Waals surface area contributed by atoms with Crippen LogP contribution in [0.3, 0.4) is 0 Å². The number of aromatic nitrogens is 2. The number of pyridine rings is 1. The molecule has 0 saturated carbocycles. The lowest BCUT2D eigenvalue weighted by Gasteiger charge is -1.99. The van der Waals surface area contributed by atoms with Crippen molar-refractivity contribution in [3.8, 4) is 6.07 Å². The van der Waals surface area contributed by atoms with Crippen LogP contribution in [0.25, 0.3) is 22.6 Å². The fraction of sp³-hybridized carbons (Fsp3) is 0.0588. The summed E-state index contributed by atoms with van der Waals surface area (Å²) in [7, 11) is 0. The van der Waals surface area contributed by atoms with Crippen molar-refractivity contribution < 1.29 is 0 Å². The van der Waals surface area contributed by atoms with Crippen molar-refractivity contribution in [3.63, 3.8) is 0 Å². The van der Waals surface area contributed by atoms with Crippen molar-refractivity contribution in [2.45, 2.75) is 6.92 Å². The van der Waals surface area contributed by atoms with Crippen LogP contribution in [-0.2, 0) is 0 Å². The number of hydrogen-bond donors (Lipinski definition) is 1. The van der Waals surface area contributed by atoms with Gasteiger partial charge in [-0.25, -0.2) is 0 Å². The number of benzene rings is 1. The maximum absolute atomic E-state index is 9.37. The van der Waals surface area contributed by atoms with E-state index in [1.807, 2.05) is 49.4 Å². The molecule has 0 aliphatic heterocycles. The molecule has 2 aromatic heterocycles. The van der Waals surface area contributed by atoms with Gasteiger partial charge in [-0.05, 0) is 31.2 Å². The molecule has 0 aliphatic rings. The predicted molar refractivity (Wildman–Crippen MR) is 80.8 cm³/mol. The Bertz CT molecular complexity index is 820. The Morgan fingerprint density at radius 1 is 1.20 bits per heavy atom. The molecule has 0 bridgehead atoms. The van der Waals surface area contributed by atoms with E-state index in [-0.39, 0.29) is 0 Å². The van der Waals surface area contributed by atoms with E-state index in [2.05, 4.69) is 22.1 Å². The summed E-state index contributed by atoms with van der Waals surface area (Å²) in [5.74, 6) is 0. The van der Waals surface area contributed by atoms with Crippen LogP contribution in [0.15, 0.2) is 48.7 Å². The second-order valence-corrected chi connectivity index (χ2v) is 4.59. The molecule has 0 spiro atoms. The first-order valence-electron chi connectivity index (χ1n) is 6.40. The number of allylic oxidation sites excluding steroid dienone is 1. The average molecular weight is 259 g/mol. The highest BCUT2D eigenvalue weighted by molar-refractivity contribution is 5.98. The number of aromatic amines is 1. The molecule has 0 aliphatic carbocycles. The van der Waals surface area contributed by atoms with Gasteiger partial charge in [-0.2, -0.15) is 5.26 Å². The minimum Gasteiger partial charge on any atom is -0.358 e. The van der Waals surface area contributed by atoms with Crippen LogP contribution < -0.4 is 0 Å². The molecule has 0 atom stereocenters. The third-order valence-corrected chi connectivity index (χ3v) is 3.29. The summed E-state index contributed by atoms with van der Waals surface area (Å²) in [4.78, 5) is 7.57. The summed E-state index contributed by atoms with van der Waals surface area (Å²) in [6, 6.07) is 15.9. The van der Waals surface area contributed by atoms with Crippen LogP contribution in [0.4, 0.5) is 0 Å². The van der Waals surface area contributed by atoms with Gasteiger partial charge in [-0.3, -0.25) is 4.98 Å². The summed E-state index contributed by atoms with van der Waals surface area (Å²) in [5, 5.41) is 10.5. The van der Waals surface area contributed by atoms with Gasteiger partial charge in [0.2, 0.25) is 0 Å². The molecule has 0 amide bonds. The number of nitrogens with one attached hydrogen (secondary N) is 1. The van der Waals surface area contributed by atoms with E-state index in [0.29, 0.717) is 11.3 Å². The largest absolute Gasteiger partial charge is 0.358 e. The second-order valence-electron chi connectivity index (χ2n) is 4.59. The summed E-state index contributed by atoms with van der Waals surface area (Å²) >= 11 is 0. The van der Waals surface area contributed by atoms with Crippen molar-refractivity contribution in [3.05, 3.63) is 65.6 Å². The number of hydrogen-bond acceptors (Lipinski definition) is 2. The SMILES string of the molecule is Cc1[nH]c2ccccc2c1C=C(C#N)c1ccccn1. The first-order valence-corrected chi connectivity index (χ1v) is 6.40. The maximum atomic E-state index is 9.37. The van der Waals surface area contributed by atoms with Crippen LogP contribution in [0.2, 0.25) is 0 Å². The zero-order valence-corrected chi connectivity index (χ0v) is 11.1. The van der Waals surface area contributed by atoms with Gasteiger partial charge in [0, 0.05) is 28.4 Å². The van der Waals surface area contributed by atoms with Gasteiger partial charge in [-0.15, -0.1) is 0 Å². The molecule has 3 heteroatoms. The molecule has 1 N–H and O–H groups in total. The number of aryl methyl sites for hydroxylation is 1. The fourth-order valence-electron chi connectivity index (χ4n) is 2.31. The number of nitriles is 1. The van der Waals surface area contributed by atoms with E-state index < -0.39 is 0 Å². The monoisotopic (exact) mass is 259 g/mol. The van der Waals surface area contributed by atoms with Gasteiger partial charge in [0.05, 0.1) is 11.3 Å². The molecule has 0 radical (unpaired) electrons. The summed E-state index contributed by atoms with van der Waals surface area (Å²) in [5.41, 5.74) is 4.44. The van der Waals surface area contributed by atoms with Gasteiger partial charge < -0.3 is 4.98 Å². The Labute approximate surface area is 117 Å². The Kier molecular flexibility index (Phi) is 3.06. The molecule has 0 fully saturated rings. The zero-order chi connectivity index (χ0) is 13.9. The Morgan fingerprint density at radius 3 is 2.75 bits per heavy atom. The number of para-hydroxylation sites is 1. The first kappa shape index (κ1) is 12.2. The van der Waals surface area contributed by atoms with Crippen molar-refractivity contribution in [2.24, 2.45) is 0 Å². The van der Waals surface area contributed by atoms with Gasteiger partial charge in [-0.1, -0.05) is 24.3 Å². The van der Waals surface area contributed by atoms with E-state index in [0.717, 1.165) is 22.2 Å². The van der Waals surface area contributed by atoms with Crippen LogP contribution in [-0.4, -0.2) is 9.97 Å². The van der Waals surface area contributed by atoms with Crippen molar-refractivity contribution in [1.29, 1.82) is 5.26 Å². The van der Waals surface area contributed by atoms with Crippen LogP contribution in [0.1, 0.15) is 17.0 Å². The smallest absolute Gasteiger partial charge is 0.101 e. The molecule has 0 unspecified atom stereocenters. The minimum atomic E-state index is 0.568. The van der Waals surface area contributed by atoms with Crippen molar-refractivity contribution in [1.82, 2.24) is 9.97 Å². The van der Waals surface area contributed by atoms with Gasteiger partial charge >= 0.3 is 0 Å². The van der Waals surface area contributed by atoms with E-state index in [4.69, 9.17) is 0 Å². The highest BCUT2D eigenvalue weighted by Gasteiger charge is 2.08. The summed E-state index contributed by atoms with van der Waals surface area (Å²) in [6.45, 7) is 2.01. The first-order chi connectivity index (χ1) is 9.79. The van der Waals surface area contributed by atoms with Crippen LogP contribution in [0.5, 0.6) is 0 Å². The number of H-pyrrole nitrogens is 1. The second kappa shape index (κ2) is 5.02. The fourth-order valence-corrected chi connectivity index (χ4v) is 2.31. The van der Waals surface area contributed by atoms with Crippen LogP contribution in [0, 0.1) is 18.3 Å². The van der Waals surface area contributed by atoms with E-state index in [9.17, 15) is 5.26 Å². The van der Waals surface area contributed by atoms with E-state index in [1.54, 1.807) is 6.20 Å². The summed E-state index contributed by atoms with van der Waals surface area (Å²) < 4.78 is 0. The molecular weight excluding hydrogens is 246 g/mol. The molecule has 20 heavy (non-hydrogen) atoms. The quantitative estimate of drug-likeness (QED) is 0.709. The third kappa shape index (κ3) is 2.08. The molecular formula is C17H13N3. The van der Waals surface area contributed by atoms with Gasteiger partial charge in [0.1, 0.15) is 6.07 Å². The molecule has 96 valence electrons. The lowest BCUT2D eigenvalue weighted by atomic mass is 10.1. The molecule has 1 aromatic carbocycles. The minimum absolute atomic E-state index is 0.568. The van der Waals surface area contributed by atoms with E-state index >= 15 is 0 Å². The zero-order valence-electron chi connectivity index (χ0n) is 11.1. The van der Waals surface area contributed by atoms with Gasteiger partial charge in [0.25, 0.3) is 0 Å². The predicted octanol–water partition coefficient (Wildman–Crippen LogP) is 3.94. The molecule has 3 rings (SSSR count). The van der Waals surface area contributed by atoms with Gasteiger partial charge in [0.15, 0.2) is 0 Å². The normalized spacial score (nSPS) is 11.5. The topological polar surface area (TPSA) is 52.5 Å². The lowest BCUT2D eigenvalue weighted by molar-refractivity contribution is 1.28. The standard InChI is InChI=1S/C17H13N3/c1-12-15(14-6-2-3-8-17(14)20-12)10-13(11-18)16-7-4-5-9-19-16/h2-10,20H,1H3. The Balaban J connectivity index is 2.18. The third-order valence-electron chi connectivity index (χ3n) is 3.29. The summed E-state index contributed by atoms with van der Waals surface area (Å²) in [6.07, 6.45) is 3.60. The Morgan fingerprint density at radius 2 is 2.00 bits per heavy atom. The molecule has 0 saturated heterocycles. The lowest BCUT2D eigenvalue weighted by Crippen LogP contribution is -1.86. The highest BCUT2D eigenvalue weighted by Crippen LogP contribution is 2.26. The molecule has 3 nitrogen and oxygen atoms in total. The van der Waals surface area contributed by atoms with Crippen LogP contribution >= 0.6 is 0 Å². The number of fused-ring (bicyclic) bond motifs is 1. The molecule has 3 aromatic rings. The maximum Gasteiger partial charge on any atom is 0.101 e. The number of rotatable bonds is 2.